The van der Waals surface area contributed by atoms with Crippen LogP contribution in [0.5, 0.6) is 11.5 Å². The minimum atomic E-state index is 0.677. The third-order valence-electron chi connectivity index (χ3n) is 5.61. The van der Waals surface area contributed by atoms with Crippen LogP contribution in [0.2, 0.25) is 0 Å². The summed E-state index contributed by atoms with van der Waals surface area (Å²) in [5, 5.41) is 0. The Kier molecular flexibility index (Phi) is 7.17. The van der Waals surface area contributed by atoms with E-state index in [0.29, 0.717) is 6.61 Å². The van der Waals surface area contributed by atoms with Crippen LogP contribution < -0.4 is 9.47 Å². The first kappa shape index (κ1) is 19.5. The van der Waals surface area contributed by atoms with Gasteiger partial charge in [-0.3, -0.25) is 9.80 Å². The topological polar surface area (TPSA) is 28.2 Å². The average Bonchev–Trinajstić information content (AvgIpc) is 3.12. The van der Waals surface area contributed by atoms with Crippen LogP contribution >= 0.6 is 0 Å². The molecular formula is C21H35N3O2. The number of piperidine rings is 1. The van der Waals surface area contributed by atoms with Gasteiger partial charge in [0.15, 0.2) is 11.5 Å². The highest BCUT2D eigenvalue weighted by atomic mass is 16.5. The van der Waals surface area contributed by atoms with Crippen LogP contribution in [-0.4, -0.2) is 81.3 Å². The van der Waals surface area contributed by atoms with Crippen molar-refractivity contribution >= 4 is 0 Å². The van der Waals surface area contributed by atoms with Gasteiger partial charge in [0.05, 0.1) is 7.11 Å². The highest BCUT2D eigenvalue weighted by molar-refractivity contribution is 5.46. The molecule has 2 aliphatic rings. The molecule has 1 atom stereocenters. The number of hydrogen-bond donors (Lipinski definition) is 0. The number of likely N-dealkylation sites (tertiary alicyclic amines) is 2. The molecule has 0 spiro atoms. The number of nitrogens with zero attached hydrogens (tertiary/aromatic N) is 3. The fourth-order valence-electron chi connectivity index (χ4n) is 4.12. The SMILES string of the molecule is COc1cccc(CN2CC[C@@H](N3CCCCC3)C2)c1OCCN(C)C. The van der Waals surface area contributed by atoms with Crippen LogP contribution in [0.1, 0.15) is 31.2 Å². The van der Waals surface area contributed by atoms with E-state index in [1.165, 1.54) is 57.4 Å². The number of rotatable bonds is 8. The number of para-hydroxylation sites is 1. The summed E-state index contributed by atoms with van der Waals surface area (Å²) in [5.74, 6) is 1.76. The van der Waals surface area contributed by atoms with Crippen LogP contribution in [0.15, 0.2) is 18.2 Å². The van der Waals surface area contributed by atoms with Gasteiger partial charge in [0.1, 0.15) is 6.61 Å². The largest absolute Gasteiger partial charge is 0.493 e. The van der Waals surface area contributed by atoms with Gasteiger partial charge in [-0.05, 0) is 52.5 Å². The Morgan fingerprint density at radius 2 is 1.92 bits per heavy atom. The van der Waals surface area contributed by atoms with Crippen molar-refractivity contribution in [1.82, 2.24) is 14.7 Å². The van der Waals surface area contributed by atoms with Crippen LogP contribution in [-0.2, 0) is 6.54 Å². The lowest BCUT2D eigenvalue weighted by Gasteiger charge is -2.32. The van der Waals surface area contributed by atoms with Crippen LogP contribution in [0.3, 0.4) is 0 Å². The third-order valence-corrected chi connectivity index (χ3v) is 5.61. The summed E-state index contributed by atoms with van der Waals surface area (Å²) >= 11 is 0. The minimum absolute atomic E-state index is 0.677. The van der Waals surface area contributed by atoms with Crippen molar-refractivity contribution in [2.24, 2.45) is 0 Å². The number of benzene rings is 1. The summed E-state index contributed by atoms with van der Waals surface area (Å²) in [7, 11) is 5.86. The first-order chi connectivity index (χ1) is 12.7. The quantitative estimate of drug-likeness (QED) is 0.710. The molecule has 0 N–H and O–H groups in total. The second-order valence-corrected chi connectivity index (χ2v) is 7.87. The Hall–Kier alpha value is -1.30. The predicted molar refractivity (Wildman–Crippen MR) is 106 cm³/mol. The second-order valence-electron chi connectivity index (χ2n) is 7.87. The van der Waals surface area contributed by atoms with Crippen molar-refractivity contribution in [2.75, 3.05) is 60.5 Å². The molecule has 1 aromatic rings. The molecule has 2 aliphatic heterocycles. The Morgan fingerprint density at radius 1 is 1.12 bits per heavy atom. The van der Waals surface area contributed by atoms with E-state index in [-0.39, 0.29) is 0 Å². The number of ether oxygens (including phenoxy) is 2. The van der Waals surface area contributed by atoms with Crippen molar-refractivity contribution in [3.63, 3.8) is 0 Å². The second kappa shape index (κ2) is 9.58. The minimum Gasteiger partial charge on any atom is -0.493 e. The normalized spacial score (nSPS) is 22.1. The van der Waals surface area contributed by atoms with E-state index in [2.05, 4.69) is 40.9 Å². The number of hydrogen-bond acceptors (Lipinski definition) is 5. The summed E-state index contributed by atoms with van der Waals surface area (Å²) in [6.07, 6.45) is 5.44. The molecule has 0 aliphatic carbocycles. The van der Waals surface area contributed by atoms with Crippen LogP contribution in [0.4, 0.5) is 0 Å². The summed E-state index contributed by atoms with van der Waals surface area (Å²) in [4.78, 5) is 7.43. The average molecular weight is 362 g/mol. The molecule has 0 radical (unpaired) electrons. The Balaban J connectivity index is 1.61. The van der Waals surface area contributed by atoms with Gasteiger partial charge >= 0.3 is 0 Å². The molecule has 2 heterocycles. The number of methoxy groups -OCH3 is 1. The summed E-state index contributed by atoms with van der Waals surface area (Å²) in [6.45, 7) is 7.45. The van der Waals surface area contributed by atoms with E-state index in [1.54, 1.807) is 7.11 Å². The van der Waals surface area contributed by atoms with Gasteiger partial charge in [-0.2, -0.15) is 0 Å². The van der Waals surface area contributed by atoms with Crippen molar-refractivity contribution in [3.05, 3.63) is 23.8 Å². The van der Waals surface area contributed by atoms with Crippen LogP contribution in [0.25, 0.3) is 0 Å². The number of likely N-dealkylation sites (N-methyl/N-ethyl adjacent to an activating group) is 1. The molecule has 26 heavy (non-hydrogen) atoms. The Bertz CT molecular complexity index is 558. The maximum Gasteiger partial charge on any atom is 0.165 e. The zero-order chi connectivity index (χ0) is 18.4. The molecule has 0 amide bonds. The zero-order valence-corrected chi connectivity index (χ0v) is 16.7. The molecule has 3 rings (SSSR count). The van der Waals surface area contributed by atoms with Gasteiger partial charge in [0, 0.05) is 37.8 Å². The molecule has 0 unspecified atom stereocenters. The van der Waals surface area contributed by atoms with E-state index in [9.17, 15) is 0 Å². The maximum atomic E-state index is 6.12. The predicted octanol–water partition coefficient (Wildman–Crippen LogP) is 2.70. The van der Waals surface area contributed by atoms with Crippen molar-refractivity contribution in [2.45, 2.75) is 38.3 Å². The lowest BCUT2D eigenvalue weighted by atomic mass is 10.1. The van der Waals surface area contributed by atoms with E-state index in [4.69, 9.17) is 9.47 Å². The molecule has 5 nitrogen and oxygen atoms in total. The van der Waals surface area contributed by atoms with Gasteiger partial charge in [0.2, 0.25) is 0 Å². The summed E-state index contributed by atoms with van der Waals surface area (Å²) < 4.78 is 11.7. The standard InChI is InChI=1S/C21H35N3O2/c1-22(2)14-15-26-21-18(8-7-9-20(21)25-3)16-23-13-10-19(17-23)24-11-5-4-6-12-24/h7-9,19H,4-6,10-17H2,1-3H3/t19-/m1/s1. The molecule has 146 valence electrons. The lowest BCUT2D eigenvalue weighted by Crippen LogP contribution is -2.40. The monoisotopic (exact) mass is 361 g/mol. The van der Waals surface area contributed by atoms with Gasteiger partial charge in [-0.25, -0.2) is 0 Å². The third kappa shape index (κ3) is 5.12. The van der Waals surface area contributed by atoms with Crippen molar-refractivity contribution < 1.29 is 9.47 Å². The fourth-order valence-corrected chi connectivity index (χ4v) is 4.12. The first-order valence-corrected chi connectivity index (χ1v) is 10.1. The van der Waals surface area contributed by atoms with E-state index < -0.39 is 0 Å². The summed E-state index contributed by atoms with van der Waals surface area (Å²) in [5.41, 5.74) is 1.24. The molecule has 5 heteroatoms. The molecular weight excluding hydrogens is 326 g/mol. The molecule has 0 bridgehead atoms. The van der Waals surface area contributed by atoms with Gasteiger partial charge < -0.3 is 14.4 Å². The molecule has 0 aromatic heterocycles. The fraction of sp³-hybridized carbons (Fsp3) is 0.714. The smallest absolute Gasteiger partial charge is 0.165 e. The zero-order valence-electron chi connectivity index (χ0n) is 16.7. The van der Waals surface area contributed by atoms with E-state index >= 15 is 0 Å². The van der Waals surface area contributed by atoms with Crippen molar-refractivity contribution in [3.8, 4) is 11.5 Å². The van der Waals surface area contributed by atoms with E-state index in [0.717, 1.165) is 30.6 Å². The van der Waals surface area contributed by atoms with Gasteiger partial charge in [-0.1, -0.05) is 18.6 Å². The highest BCUT2D eigenvalue weighted by Gasteiger charge is 2.29. The van der Waals surface area contributed by atoms with Gasteiger partial charge in [0.25, 0.3) is 0 Å². The van der Waals surface area contributed by atoms with E-state index in [1.807, 2.05) is 6.07 Å². The highest BCUT2D eigenvalue weighted by Crippen LogP contribution is 2.33. The van der Waals surface area contributed by atoms with Crippen LogP contribution in [0, 0.1) is 0 Å². The molecule has 2 saturated heterocycles. The molecule has 2 fully saturated rings. The van der Waals surface area contributed by atoms with Crippen molar-refractivity contribution in [1.29, 1.82) is 0 Å². The summed E-state index contributed by atoms with van der Waals surface area (Å²) in [6, 6.07) is 6.99. The molecule has 1 aromatic carbocycles. The maximum absolute atomic E-state index is 6.12. The Morgan fingerprint density at radius 3 is 2.65 bits per heavy atom. The first-order valence-electron chi connectivity index (χ1n) is 10.1. The lowest BCUT2D eigenvalue weighted by molar-refractivity contribution is 0.161. The van der Waals surface area contributed by atoms with Gasteiger partial charge in [-0.15, -0.1) is 0 Å². The Labute approximate surface area is 158 Å². The molecule has 0 saturated carbocycles.